The molecular weight excluding hydrogens is 476 g/mol. The van der Waals surface area contributed by atoms with Crippen molar-refractivity contribution >= 4 is 38.2 Å². The van der Waals surface area contributed by atoms with Gasteiger partial charge >= 0.3 is 0 Å². The van der Waals surface area contributed by atoms with Crippen molar-refractivity contribution in [1.82, 2.24) is 19.4 Å². The van der Waals surface area contributed by atoms with Gasteiger partial charge in [-0.3, -0.25) is 9.52 Å². The van der Waals surface area contributed by atoms with Gasteiger partial charge in [-0.2, -0.15) is 0 Å². The summed E-state index contributed by atoms with van der Waals surface area (Å²) >= 11 is 0. The van der Waals surface area contributed by atoms with Crippen LogP contribution < -0.4 is 4.72 Å². The summed E-state index contributed by atoms with van der Waals surface area (Å²) in [5, 5.41) is 0.348. The monoisotopic (exact) mass is 495 g/mol. The van der Waals surface area contributed by atoms with Crippen LogP contribution in [0.4, 0.5) is 14.5 Å². The summed E-state index contributed by atoms with van der Waals surface area (Å²) in [6.45, 7) is 1.65. The summed E-state index contributed by atoms with van der Waals surface area (Å²) in [5.41, 5.74) is 0.921. The molecule has 4 heterocycles. The van der Waals surface area contributed by atoms with Gasteiger partial charge in [0, 0.05) is 41.3 Å². The molecule has 0 bridgehead atoms. The number of nitrogens with one attached hydrogen (secondary N) is 2. The number of fused-ring (bicyclic) bond motifs is 2. The molecule has 35 heavy (non-hydrogen) atoms. The Labute approximate surface area is 198 Å². The highest BCUT2D eigenvalue weighted by atomic mass is 32.2. The fraction of sp³-hybridized carbons (Fsp3) is 0.125. The third-order valence-electron chi connectivity index (χ3n) is 5.49. The van der Waals surface area contributed by atoms with E-state index >= 15 is 4.39 Å². The molecule has 0 fully saturated rings. The first-order valence-corrected chi connectivity index (χ1v) is 12.4. The predicted octanol–water partition coefficient (Wildman–Crippen LogP) is 4.54. The first kappa shape index (κ1) is 22.7. The highest BCUT2D eigenvalue weighted by Crippen LogP contribution is 2.29. The fourth-order valence-electron chi connectivity index (χ4n) is 3.87. The van der Waals surface area contributed by atoms with E-state index in [-0.39, 0.29) is 11.3 Å². The van der Waals surface area contributed by atoms with E-state index < -0.39 is 38.7 Å². The van der Waals surface area contributed by atoms with Crippen LogP contribution in [-0.2, 0) is 10.0 Å². The predicted molar refractivity (Wildman–Crippen MR) is 128 cm³/mol. The summed E-state index contributed by atoms with van der Waals surface area (Å²) in [5.74, 6) is -3.58. The van der Waals surface area contributed by atoms with E-state index in [1.54, 1.807) is 25.4 Å². The molecule has 2 N–H and O–H groups in total. The minimum absolute atomic E-state index is 0.00974. The largest absolute Gasteiger partial charge is 0.345 e. The molecule has 0 unspecified atom stereocenters. The molecule has 0 amide bonds. The van der Waals surface area contributed by atoms with Crippen LogP contribution in [0, 0.1) is 11.6 Å². The van der Waals surface area contributed by atoms with Crippen molar-refractivity contribution in [3.05, 3.63) is 83.9 Å². The van der Waals surface area contributed by atoms with Crippen molar-refractivity contribution in [1.29, 1.82) is 0 Å². The average Bonchev–Trinajstić information content (AvgIpc) is 3.44. The topological polar surface area (TPSA) is 109 Å². The molecule has 0 saturated carbocycles. The quantitative estimate of drug-likeness (QED) is 0.322. The number of H-pyrrole nitrogens is 1. The molecule has 5 aromatic rings. The maximum absolute atomic E-state index is 15.2. The Morgan fingerprint density at radius 3 is 2.80 bits per heavy atom. The number of ketones is 1. The van der Waals surface area contributed by atoms with Crippen molar-refractivity contribution in [2.45, 2.75) is 13.3 Å². The number of anilines is 1. The molecule has 11 heteroatoms. The third kappa shape index (κ3) is 4.14. The van der Waals surface area contributed by atoms with Gasteiger partial charge in [0.15, 0.2) is 5.82 Å². The molecular formula is C24H19F2N5O3S. The van der Waals surface area contributed by atoms with E-state index in [1.807, 2.05) is 28.8 Å². The van der Waals surface area contributed by atoms with Crippen LogP contribution in [0.3, 0.4) is 0 Å². The number of nitrogens with zero attached hydrogens (tertiary/aromatic N) is 3. The molecule has 0 radical (unpaired) electrons. The van der Waals surface area contributed by atoms with E-state index in [0.29, 0.717) is 28.7 Å². The van der Waals surface area contributed by atoms with Gasteiger partial charge in [-0.1, -0.05) is 13.0 Å². The summed E-state index contributed by atoms with van der Waals surface area (Å²) < 4.78 is 57.9. The number of rotatable bonds is 7. The van der Waals surface area contributed by atoms with Crippen LogP contribution in [0.15, 0.2) is 61.2 Å². The Morgan fingerprint density at radius 1 is 1.20 bits per heavy atom. The maximum Gasteiger partial charge on any atom is 0.232 e. The number of hydrogen-bond donors (Lipinski definition) is 2. The third-order valence-corrected chi connectivity index (χ3v) is 6.97. The number of aromatic amines is 1. The summed E-state index contributed by atoms with van der Waals surface area (Å²) in [6.07, 6.45) is 6.86. The summed E-state index contributed by atoms with van der Waals surface area (Å²) in [7, 11) is -3.85. The van der Waals surface area contributed by atoms with Gasteiger partial charge in [-0.25, -0.2) is 27.2 Å². The lowest BCUT2D eigenvalue weighted by molar-refractivity contribution is 0.103. The van der Waals surface area contributed by atoms with Crippen molar-refractivity contribution in [2.24, 2.45) is 0 Å². The number of carbonyl (C=O) groups excluding carboxylic acids is 1. The normalized spacial score (nSPS) is 11.9. The summed E-state index contributed by atoms with van der Waals surface area (Å²) in [4.78, 5) is 25.0. The number of carbonyl (C=O) groups is 1. The van der Waals surface area contributed by atoms with Gasteiger partial charge < -0.3 is 9.38 Å². The fourth-order valence-corrected chi connectivity index (χ4v) is 5.00. The zero-order valence-electron chi connectivity index (χ0n) is 18.4. The van der Waals surface area contributed by atoms with Crippen LogP contribution in [0.2, 0.25) is 0 Å². The molecule has 0 aliphatic rings. The van der Waals surface area contributed by atoms with Crippen molar-refractivity contribution in [3.8, 4) is 11.3 Å². The Balaban J connectivity index is 1.57. The van der Waals surface area contributed by atoms with E-state index in [9.17, 15) is 17.6 Å². The molecule has 0 aliphatic heterocycles. The zero-order valence-corrected chi connectivity index (χ0v) is 19.2. The standard InChI is InChI=1S/C24H19F2N5O3S/c1-2-9-35(33,34)30-18-7-6-17(25)21(22(18)26)23(32)16-12-28-24-15(16)10-14(11-27-24)19-13-31-8-4-3-5-20(31)29-19/h3-8,10-13,30H,2,9H2,1H3,(H,27,28). The molecule has 0 aliphatic carbocycles. The second-order valence-electron chi connectivity index (χ2n) is 7.95. The van der Waals surface area contributed by atoms with Gasteiger partial charge in [0.2, 0.25) is 15.8 Å². The van der Waals surface area contributed by atoms with Crippen LogP contribution in [-0.4, -0.2) is 39.3 Å². The number of hydrogen-bond acceptors (Lipinski definition) is 5. The SMILES string of the molecule is CCCS(=O)(=O)Nc1ccc(F)c(C(=O)c2c[nH]c3ncc(-c4cn5ccccc5n4)cc23)c1F. The second-order valence-corrected chi connectivity index (χ2v) is 9.79. The maximum atomic E-state index is 15.2. The number of halogens is 2. The van der Waals surface area contributed by atoms with Gasteiger partial charge in [-0.15, -0.1) is 0 Å². The molecule has 0 saturated heterocycles. The smallest absolute Gasteiger partial charge is 0.232 e. The number of sulfonamides is 1. The van der Waals surface area contributed by atoms with Crippen molar-refractivity contribution < 1.29 is 22.0 Å². The van der Waals surface area contributed by atoms with E-state index in [4.69, 9.17) is 0 Å². The number of imidazole rings is 1. The van der Waals surface area contributed by atoms with Crippen LogP contribution >= 0.6 is 0 Å². The molecule has 5 rings (SSSR count). The minimum atomic E-state index is -3.85. The Hall–Kier alpha value is -4.12. The molecule has 0 spiro atoms. The minimum Gasteiger partial charge on any atom is -0.345 e. The Morgan fingerprint density at radius 2 is 2.03 bits per heavy atom. The Bertz CT molecular complexity index is 1680. The highest BCUT2D eigenvalue weighted by Gasteiger charge is 2.26. The highest BCUT2D eigenvalue weighted by molar-refractivity contribution is 7.92. The molecule has 8 nitrogen and oxygen atoms in total. The van der Waals surface area contributed by atoms with E-state index in [0.717, 1.165) is 17.8 Å². The van der Waals surface area contributed by atoms with E-state index in [2.05, 4.69) is 19.7 Å². The average molecular weight is 496 g/mol. The lowest BCUT2D eigenvalue weighted by Crippen LogP contribution is -2.18. The molecule has 178 valence electrons. The van der Waals surface area contributed by atoms with Crippen LogP contribution in [0.5, 0.6) is 0 Å². The molecule has 4 aromatic heterocycles. The van der Waals surface area contributed by atoms with Gasteiger partial charge in [0.05, 0.1) is 22.7 Å². The number of benzene rings is 1. The van der Waals surface area contributed by atoms with Crippen LogP contribution in [0.25, 0.3) is 27.9 Å². The first-order chi connectivity index (χ1) is 16.8. The second kappa shape index (κ2) is 8.58. The summed E-state index contributed by atoms with van der Waals surface area (Å²) in [6, 6.07) is 9.03. The van der Waals surface area contributed by atoms with Crippen LogP contribution in [0.1, 0.15) is 29.3 Å². The molecule has 0 atom stereocenters. The Kier molecular flexibility index (Phi) is 5.56. The van der Waals surface area contributed by atoms with Gasteiger partial charge in [0.1, 0.15) is 17.1 Å². The molecule has 1 aromatic carbocycles. The number of aromatic nitrogens is 4. The lowest BCUT2D eigenvalue weighted by Gasteiger charge is -2.11. The first-order valence-electron chi connectivity index (χ1n) is 10.7. The lowest BCUT2D eigenvalue weighted by atomic mass is 10.0. The van der Waals surface area contributed by atoms with Crippen molar-refractivity contribution in [3.63, 3.8) is 0 Å². The van der Waals surface area contributed by atoms with E-state index in [1.165, 1.54) is 6.20 Å². The number of pyridine rings is 2. The van der Waals surface area contributed by atoms with Gasteiger partial charge in [0.25, 0.3) is 0 Å². The van der Waals surface area contributed by atoms with Crippen molar-refractivity contribution in [2.75, 3.05) is 10.5 Å². The van der Waals surface area contributed by atoms with Gasteiger partial charge in [-0.05, 0) is 36.8 Å². The zero-order chi connectivity index (χ0) is 24.7.